The van der Waals surface area contributed by atoms with Gasteiger partial charge >= 0.3 is 0 Å². The van der Waals surface area contributed by atoms with Crippen LogP contribution in [0.1, 0.15) is 29.2 Å². The van der Waals surface area contributed by atoms with Gasteiger partial charge in [0, 0.05) is 11.6 Å². The fourth-order valence-corrected chi connectivity index (χ4v) is 3.79. The van der Waals surface area contributed by atoms with Crippen molar-refractivity contribution in [2.24, 2.45) is 0 Å². The first-order valence-corrected chi connectivity index (χ1v) is 8.56. The van der Waals surface area contributed by atoms with Crippen LogP contribution in [0.2, 0.25) is 0 Å². The van der Waals surface area contributed by atoms with Crippen LogP contribution in [0.5, 0.6) is 11.5 Å². The average Bonchev–Trinajstić information content (AvgIpc) is 3.05. The van der Waals surface area contributed by atoms with Gasteiger partial charge in [0.25, 0.3) is 0 Å². The van der Waals surface area contributed by atoms with Crippen molar-refractivity contribution in [1.29, 1.82) is 0 Å². The zero-order valence-electron chi connectivity index (χ0n) is 13.6. The predicted octanol–water partition coefficient (Wildman–Crippen LogP) is 4.28. The predicted molar refractivity (Wildman–Crippen MR) is 95.9 cm³/mol. The highest BCUT2D eigenvalue weighted by molar-refractivity contribution is 8.00. The van der Waals surface area contributed by atoms with E-state index in [0.29, 0.717) is 0 Å². The molecule has 23 heavy (non-hydrogen) atoms. The van der Waals surface area contributed by atoms with Crippen molar-refractivity contribution in [2.75, 3.05) is 7.11 Å². The average molecular weight is 327 g/mol. The Morgan fingerprint density at radius 2 is 1.96 bits per heavy atom. The summed E-state index contributed by atoms with van der Waals surface area (Å²) >= 11 is 1.53. The summed E-state index contributed by atoms with van der Waals surface area (Å²) in [6.07, 6.45) is 2.95. The van der Waals surface area contributed by atoms with Crippen molar-refractivity contribution < 1.29 is 9.84 Å². The lowest BCUT2D eigenvalue weighted by molar-refractivity contribution is 0.399. The fourth-order valence-electron chi connectivity index (χ4n) is 2.97. The van der Waals surface area contributed by atoms with Crippen molar-refractivity contribution in [1.82, 2.24) is 4.72 Å². The van der Waals surface area contributed by atoms with Gasteiger partial charge in [-0.3, -0.25) is 0 Å². The molecule has 0 aliphatic carbocycles. The molecule has 0 fully saturated rings. The minimum absolute atomic E-state index is 0.235. The van der Waals surface area contributed by atoms with Crippen LogP contribution in [0.4, 0.5) is 0 Å². The van der Waals surface area contributed by atoms with E-state index in [0.717, 1.165) is 28.9 Å². The molecule has 3 nitrogen and oxygen atoms in total. The Bertz CT molecular complexity index is 740. The maximum atomic E-state index is 10.6. The summed E-state index contributed by atoms with van der Waals surface area (Å²) in [5.41, 5.74) is 3.72. The maximum absolute atomic E-state index is 10.6. The standard InChI is InChI=1S/C19H21NO2S/c1-4-14-11-16(17(21)12-18(14)22-3)19(9-10-23-20-19)15-7-5-13(2)6-8-15/h5-12,20-21H,4H2,1-3H3. The largest absolute Gasteiger partial charge is 0.507 e. The van der Waals surface area contributed by atoms with E-state index in [9.17, 15) is 5.11 Å². The van der Waals surface area contributed by atoms with Gasteiger partial charge in [0.05, 0.1) is 7.11 Å². The smallest absolute Gasteiger partial charge is 0.125 e. The summed E-state index contributed by atoms with van der Waals surface area (Å²) in [6, 6.07) is 12.1. The van der Waals surface area contributed by atoms with E-state index >= 15 is 0 Å². The summed E-state index contributed by atoms with van der Waals surface area (Å²) < 4.78 is 8.84. The van der Waals surface area contributed by atoms with Gasteiger partial charge in [0.1, 0.15) is 17.0 Å². The first-order chi connectivity index (χ1) is 11.1. The van der Waals surface area contributed by atoms with Crippen LogP contribution in [-0.4, -0.2) is 12.2 Å². The molecule has 3 rings (SSSR count). The summed E-state index contributed by atoms with van der Waals surface area (Å²) in [4.78, 5) is 0. The molecule has 1 atom stereocenters. The number of rotatable bonds is 4. The minimum atomic E-state index is -0.529. The van der Waals surface area contributed by atoms with Gasteiger partial charge in [-0.1, -0.05) is 48.7 Å². The number of phenols is 1. The van der Waals surface area contributed by atoms with Crippen LogP contribution in [-0.2, 0) is 12.0 Å². The van der Waals surface area contributed by atoms with Crippen molar-refractivity contribution in [2.45, 2.75) is 25.8 Å². The van der Waals surface area contributed by atoms with E-state index in [4.69, 9.17) is 4.74 Å². The van der Waals surface area contributed by atoms with E-state index in [2.05, 4.69) is 48.9 Å². The second kappa shape index (κ2) is 6.30. The second-order valence-corrected chi connectivity index (χ2v) is 6.44. The van der Waals surface area contributed by atoms with Gasteiger partial charge in [0.2, 0.25) is 0 Å². The third-order valence-corrected chi connectivity index (χ3v) is 5.03. The summed E-state index contributed by atoms with van der Waals surface area (Å²) in [5.74, 6) is 0.960. The first kappa shape index (κ1) is 16.0. The Morgan fingerprint density at radius 3 is 2.52 bits per heavy atom. The highest BCUT2D eigenvalue weighted by Crippen LogP contribution is 2.44. The Hall–Kier alpha value is -1.91. The van der Waals surface area contributed by atoms with Gasteiger partial charge < -0.3 is 9.84 Å². The van der Waals surface area contributed by atoms with E-state index in [1.807, 2.05) is 11.5 Å². The second-order valence-electron chi connectivity index (χ2n) is 5.73. The molecule has 2 aromatic carbocycles. The Morgan fingerprint density at radius 1 is 1.22 bits per heavy atom. The number of hydrogen-bond donors (Lipinski definition) is 2. The molecule has 1 aliphatic heterocycles. The third kappa shape index (κ3) is 2.73. The van der Waals surface area contributed by atoms with E-state index in [1.54, 1.807) is 13.2 Å². The molecule has 2 aromatic rings. The quantitative estimate of drug-likeness (QED) is 0.823. The highest BCUT2D eigenvalue weighted by atomic mass is 32.2. The van der Waals surface area contributed by atoms with Gasteiger partial charge in [-0.15, -0.1) is 0 Å². The Kier molecular flexibility index (Phi) is 4.37. The molecule has 4 heteroatoms. The molecular formula is C19H21NO2S. The van der Waals surface area contributed by atoms with Crippen LogP contribution in [0.25, 0.3) is 0 Å². The minimum Gasteiger partial charge on any atom is -0.507 e. The molecule has 1 aliphatic rings. The van der Waals surface area contributed by atoms with Crippen LogP contribution in [0.3, 0.4) is 0 Å². The molecule has 1 heterocycles. The zero-order valence-corrected chi connectivity index (χ0v) is 14.4. The monoisotopic (exact) mass is 327 g/mol. The van der Waals surface area contributed by atoms with Crippen LogP contribution in [0, 0.1) is 6.92 Å². The summed E-state index contributed by atoms with van der Waals surface area (Å²) in [5, 5.41) is 12.6. The van der Waals surface area contributed by atoms with Crippen LogP contribution in [0.15, 0.2) is 47.9 Å². The van der Waals surface area contributed by atoms with Gasteiger partial charge in [0.15, 0.2) is 0 Å². The normalized spacial score (nSPS) is 20.0. The zero-order chi connectivity index (χ0) is 16.4. The van der Waals surface area contributed by atoms with Gasteiger partial charge in [-0.05, 0) is 42.0 Å². The van der Waals surface area contributed by atoms with E-state index < -0.39 is 5.54 Å². The van der Waals surface area contributed by atoms with Crippen molar-refractivity contribution in [3.8, 4) is 11.5 Å². The van der Waals surface area contributed by atoms with Crippen molar-refractivity contribution in [3.63, 3.8) is 0 Å². The number of aryl methyl sites for hydroxylation is 2. The summed E-state index contributed by atoms with van der Waals surface area (Å²) in [7, 11) is 1.63. The fraction of sp³-hybridized carbons (Fsp3) is 0.263. The number of ether oxygens (including phenoxy) is 1. The molecule has 0 bridgehead atoms. The molecule has 2 N–H and O–H groups in total. The molecule has 0 amide bonds. The Labute approximate surface area is 141 Å². The molecule has 1 unspecified atom stereocenters. The lowest BCUT2D eigenvalue weighted by Crippen LogP contribution is -2.35. The molecule has 120 valence electrons. The number of phenolic OH excluding ortho intramolecular Hbond substituents is 1. The number of hydrogen-bond acceptors (Lipinski definition) is 4. The van der Waals surface area contributed by atoms with Crippen LogP contribution < -0.4 is 9.46 Å². The number of benzene rings is 2. The van der Waals surface area contributed by atoms with Gasteiger partial charge in [-0.25, -0.2) is 4.72 Å². The van der Waals surface area contributed by atoms with Crippen molar-refractivity contribution in [3.05, 3.63) is 70.1 Å². The van der Waals surface area contributed by atoms with E-state index in [1.165, 1.54) is 17.5 Å². The third-order valence-electron chi connectivity index (χ3n) is 4.32. The Balaban J connectivity index is 2.19. The molecule has 0 saturated carbocycles. The SMILES string of the molecule is CCc1cc(C2(c3ccc(C)cc3)C=CSN2)c(O)cc1OC. The van der Waals surface area contributed by atoms with Crippen molar-refractivity contribution >= 4 is 11.9 Å². The summed E-state index contributed by atoms with van der Waals surface area (Å²) in [6.45, 7) is 4.16. The molecular weight excluding hydrogens is 306 g/mol. The number of aromatic hydroxyl groups is 1. The van der Waals surface area contributed by atoms with Crippen LogP contribution >= 0.6 is 11.9 Å². The number of nitrogens with one attached hydrogen (secondary N) is 1. The molecule has 0 spiro atoms. The molecule has 0 saturated heterocycles. The van der Waals surface area contributed by atoms with Gasteiger partial charge in [-0.2, -0.15) is 0 Å². The maximum Gasteiger partial charge on any atom is 0.125 e. The molecule has 0 aromatic heterocycles. The first-order valence-electron chi connectivity index (χ1n) is 7.68. The lowest BCUT2D eigenvalue weighted by atomic mass is 9.82. The van der Waals surface area contributed by atoms with E-state index in [-0.39, 0.29) is 5.75 Å². The number of methoxy groups -OCH3 is 1. The molecule has 0 radical (unpaired) electrons. The highest BCUT2D eigenvalue weighted by Gasteiger charge is 2.37. The lowest BCUT2D eigenvalue weighted by Gasteiger charge is -2.30. The topological polar surface area (TPSA) is 41.5 Å².